The molecule has 0 spiro atoms. The van der Waals surface area contributed by atoms with E-state index < -0.39 is 0 Å². The molecule has 0 atom stereocenters. The zero-order valence-electron chi connectivity index (χ0n) is 81.3. The second-order valence-electron chi connectivity index (χ2n) is 38.0. The molecule has 30 rings (SSSR count). The van der Waals surface area contributed by atoms with Crippen LogP contribution >= 0.6 is 0 Å². The summed E-state index contributed by atoms with van der Waals surface area (Å²) in [4.78, 5) is 30.4. The van der Waals surface area contributed by atoms with Gasteiger partial charge >= 0.3 is 0 Å². The van der Waals surface area contributed by atoms with E-state index in [9.17, 15) is 0 Å². The van der Waals surface area contributed by atoms with Crippen molar-refractivity contribution < 1.29 is 0 Å². The Morgan fingerprint density at radius 3 is 0.813 bits per heavy atom. The smallest absolute Gasteiger partial charge is 0.159 e. The lowest BCUT2D eigenvalue weighted by Gasteiger charge is -2.15. The van der Waals surface area contributed by atoms with Crippen molar-refractivity contribution in [1.29, 1.82) is 0 Å². The minimum Gasteiger partial charge on any atom is -0.309 e. The van der Waals surface area contributed by atoms with Gasteiger partial charge in [-0.2, -0.15) is 0 Å². The van der Waals surface area contributed by atoms with Gasteiger partial charge < -0.3 is 22.8 Å². The maximum Gasteiger partial charge on any atom is 0.159 e. The van der Waals surface area contributed by atoms with Gasteiger partial charge in [-0.3, -0.25) is 14.5 Å². The van der Waals surface area contributed by atoms with E-state index in [0.29, 0.717) is 5.82 Å². The van der Waals surface area contributed by atoms with E-state index in [1.165, 1.54) is 76.2 Å². The summed E-state index contributed by atoms with van der Waals surface area (Å²) >= 11 is 0. The number of benzene rings is 19. The van der Waals surface area contributed by atoms with Gasteiger partial charge in [-0.15, -0.1) is 0 Å². The molecule has 12 nitrogen and oxygen atoms in total. The molecule has 0 N–H and O–H groups in total. The molecule has 150 heavy (non-hydrogen) atoms. The van der Waals surface area contributed by atoms with Crippen LogP contribution in [0.1, 0.15) is 0 Å². The Labute approximate surface area is 863 Å². The van der Waals surface area contributed by atoms with Gasteiger partial charge in [0.25, 0.3) is 0 Å². The molecule has 12 heteroatoms. The highest BCUT2D eigenvalue weighted by atomic mass is 15.1. The third kappa shape index (κ3) is 15.4. The number of rotatable bonds is 15. The fourth-order valence-electron chi connectivity index (χ4n) is 22.4. The highest BCUT2D eigenvalue weighted by Crippen LogP contribution is 2.46. The highest BCUT2D eigenvalue weighted by Gasteiger charge is 2.26. The summed E-state index contributed by atoms with van der Waals surface area (Å²) in [6.07, 6.45) is 5.74. The molecule has 0 saturated heterocycles. The van der Waals surface area contributed by atoms with E-state index >= 15 is 0 Å². The van der Waals surface area contributed by atoms with Crippen LogP contribution < -0.4 is 0 Å². The SMILES string of the molecule is c1ccc(-c2cc(-c3ccccc3)nc(-n3c4cc(-c5ccc6c7ccccc7n(-c7ccccc7)c6c5)ccc4c4ncccc43)c2)cc1.c1ccc(-c2cc(-n3c4cc(-c5ccc6c7ccccc7n(-c7ccccc7)c6c5)ccc4c4ncccc43)cc(-c3ccccc3)n2)cc1.c1ccc(-c2ncc(-n3c4ccccc4c4ccc(-c5ccc6c7ccccc7n(-c7ccccc7)c6c5)cc43)c(-c3ccccc3)n2)cc1. The fourth-order valence-corrected chi connectivity index (χ4v) is 22.4. The quantitative estimate of drug-likeness (QED) is 0.101. The summed E-state index contributed by atoms with van der Waals surface area (Å²) in [5.41, 5.74) is 39.1. The van der Waals surface area contributed by atoms with Gasteiger partial charge in [0.1, 0.15) is 5.82 Å². The van der Waals surface area contributed by atoms with Crippen LogP contribution in [0.4, 0.5) is 0 Å². The van der Waals surface area contributed by atoms with Crippen LogP contribution in [0.5, 0.6) is 0 Å². The highest BCUT2D eigenvalue weighted by molar-refractivity contribution is 6.16. The average molecular weight is 1920 g/mol. The summed E-state index contributed by atoms with van der Waals surface area (Å²) in [7, 11) is 0. The Balaban J connectivity index is 0.000000108. The van der Waals surface area contributed by atoms with Gasteiger partial charge in [0.05, 0.1) is 118 Å². The van der Waals surface area contributed by atoms with E-state index in [1.54, 1.807) is 0 Å². The zero-order chi connectivity index (χ0) is 99.1. The van der Waals surface area contributed by atoms with Gasteiger partial charge in [0.15, 0.2) is 5.82 Å². The van der Waals surface area contributed by atoms with Crippen molar-refractivity contribution >= 4 is 131 Å². The van der Waals surface area contributed by atoms with E-state index in [1.807, 2.05) is 73.2 Å². The van der Waals surface area contributed by atoms with E-state index in [0.717, 1.165) is 184 Å². The Morgan fingerprint density at radius 2 is 0.427 bits per heavy atom. The van der Waals surface area contributed by atoms with E-state index in [4.69, 9.17) is 29.9 Å². The normalized spacial score (nSPS) is 11.6. The predicted molar refractivity (Wildman–Crippen MR) is 621 cm³/mol. The van der Waals surface area contributed by atoms with Crippen molar-refractivity contribution in [1.82, 2.24) is 57.3 Å². The van der Waals surface area contributed by atoms with Crippen LogP contribution in [0.3, 0.4) is 0 Å². The molecular weight excluding hydrogens is 1830 g/mol. The molecule has 0 aliphatic carbocycles. The molecule has 30 aromatic rings. The van der Waals surface area contributed by atoms with Crippen LogP contribution in [0.15, 0.2) is 546 Å². The standard InChI is InChI=1S/3C46H30N4/c1-4-14-31(15-5-1)45-44(30-47-46(48-45)32-16-6-2-7-17-32)50-41-23-13-11-21-37(41)39-27-25-34(29-43(39)50)33-24-26-38-36-20-10-12-22-40(36)49(42(38)28-33)35-18-8-3-9-19-35;1-4-13-31(14-5-1)35-27-40(32-15-6-2-7-16-32)48-45(30-35)50-42-21-12-26-47-46(42)39-25-23-34(29-44(39)50)33-22-24-38-37-19-10-11-20-41(37)49(43(38)28-33)36-17-8-3-9-18-36;1-4-13-31(14-5-1)40-29-36(30-41(48-40)32-15-6-2-7-16-32)50-43-21-12-26-47-46(43)39-25-23-34(28-45(39)50)33-22-24-38-37-19-10-11-20-42(37)49(44(38)27-33)35-17-8-3-9-18-35/h3*1-30H. The molecular formula is C138H90N12. The minimum absolute atomic E-state index is 0.705. The second kappa shape index (κ2) is 37.1. The summed E-state index contributed by atoms with van der Waals surface area (Å²) in [6, 6.07) is 187. The number of hydrogen-bond donors (Lipinski definition) is 0. The molecule has 0 unspecified atom stereocenters. The van der Waals surface area contributed by atoms with Gasteiger partial charge in [-0.25, -0.2) is 19.9 Å². The van der Waals surface area contributed by atoms with Crippen molar-refractivity contribution in [3.8, 4) is 135 Å². The van der Waals surface area contributed by atoms with Crippen molar-refractivity contribution in [3.05, 3.63) is 546 Å². The maximum atomic E-state index is 5.32. The third-order valence-corrected chi connectivity index (χ3v) is 29.3. The first-order chi connectivity index (χ1) is 74.4. The molecule has 0 bridgehead atoms. The molecule has 0 aliphatic heterocycles. The average Bonchev–Trinajstić information content (AvgIpc) is 1.56. The Hall–Kier alpha value is -20.3. The fraction of sp³-hybridized carbons (Fsp3) is 0. The third-order valence-electron chi connectivity index (χ3n) is 29.3. The Kier molecular flexibility index (Phi) is 21.6. The minimum atomic E-state index is 0.705. The molecule has 11 heterocycles. The number of fused-ring (bicyclic) bond motifs is 18. The Bertz CT molecular complexity index is 9930. The van der Waals surface area contributed by atoms with Crippen LogP contribution in [-0.4, -0.2) is 57.3 Å². The first-order valence-corrected chi connectivity index (χ1v) is 50.8. The number of hydrogen-bond acceptors (Lipinski definition) is 6. The van der Waals surface area contributed by atoms with Gasteiger partial charge in [-0.05, 0) is 202 Å². The van der Waals surface area contributed by atoms with Crippen molar-refractivity contribution in [2.75, 3.05) is 0 Å². The van der Waals surface area contributed by atoms with E-state index in [-0.39, 0.29) is 0 Å². The summed E-state index contributed by atoms with van der Waals surface area (Å²) in [5.74, 6) is 1.56. The second-order valence-corrected chi connectivity index (χ2v) is 38.0. The lowest BCUT2D eigenvalue weighted by molar-refractivity contribution is 1.08. The summed E-state index contributed by atoms with van der Waals surface area (Å²) in [5, 5.41) is 12.1. The first-order valence-electron chi connectivity index (χ1n) is 50.8. The van der Waals surface area contributed by atoms with Crippen molar-refractivity contribution in [3.63, 3.8) is 0 Å². The molecule has 19 aromatic carbocycles. The lowest BCUT2D eigenvalue weighted by atomic mass is 10.0. The van der Waals surface area contributed by atoms with Crippen LogP contribution in [-0.2, 0) is 0 Å². The molecule has 11 aromatic heterocycles. The van der Waals surface area contributed by atoms with Gasteiger partial charge in [0, 0.05) is 111 Å². The van der Waals surface area contributed by atoms with Crippen LogP contribution in [0, 0.1) is 0 Å². The monoisotopic (exact) mass is 1910 g/mol. The van der Waals surface area contributed by atoms with Crippen LogP contribution in [0.25, 0.3) is 266 Å². The van der Waals surface area contributed by atoms with Crippen molar-refractivity contribution in [2.45, 2.75) is 0 Å². The number of aromatic nitrogens is 12. The topological polar surface area (TPSA) is 107 Å². The zero-order valence-corrected chi connectivity index (χ0v) is 81.3. The molecule has 0 aliphatic rings. The Morgan fingerprint density at radius 1 is 0.147 bits per heavy atom. The van der Waals surface area contributed by atoms with Gasteiger partial charge in [-0.1, -0.05) is 370 Å². The molecule has 0 radical (unpaired) electrons. The summed E-state index contributed by atoms with van der Waals surface area (Å²) in [6.45, 7) is 0. The molecule has 0 amide bonds. The maximum absolute atomic E-state index is 5.32. The summed E-state index contributed by atoms with van der Waals surface area (Å²) < 4.78 is 14.1. The predicted octanol–water partition coefficient (Wildman–Crippen LogP) is 35.0. The molecule has 0 saturated carbocycles. The molecule has 702 valence electrons. The van der Waals surface area contributed by atoms with Gasteiger partial charge in [0.2, 0.25) is 0 Å². The molecule has 0 fully saturated rings. The lowest BCUT2D eigenvalue weighted by Crippen LogP contribution is -2.02. The van der Waals surface area contributed by atoms with Crippen molar-refractivity contribution in [2.24, 2.45) is 0 Å². The van der Waals surface area contributed by atoms with Crippen LogP contribution in [0.2, 0.25) is 0 Å². The number of nitrogens with zero attached hydrogens (tertiary/aromatic N) is 12. The number of para-hydroxylation sites is 7. The largest absolute Gasteiger partial charge is 0.309 e. The first kappa shape index (κ1) is 87.5. The van der Waals surface area contributed by atoms with E-state index in [2.05, 4.69) is 501 Å². The number of pyridine rings is 4.